The first-order valence-electron chi connectivity index (χ1n) is 6.86. The average molecular weight is 299 g/mol. The molecule has 6 nitrogen and oxygen atoms in total. The quantitative estimate of drug-likeness (QED) is 0.868. The maximum Gasteiger partial charge on any atom is 0.247 e. The summed E-state index contributed by atoms with van der Waals surface area (Å²) in [6, 6.07) is 2.82. The fraction of sp³-hybridized carbons (Fsp3) is 0.615. The van der Waals surface area contributed by atoms with Gasteiger partial charge in [-0.1, -0.05) is 12.8 Å². The van der Waals surface area contributed by atoms with Crippen LogP contribution >= 0.6 is 0 Å². The smallest absolute Gasteiger partial charge is 0.247 e. The third-order valence-corrected chi connectivity index (χ3v) is 5.61. The van der Waals surface area contributed by atoms with Crippen molar-refractivity contribution in [1.82, 2.24) is 9.29 Å². The molecular formula is C13H21N3O3S. The fourth-order valence-electron chi connectivity index (χ4n) is 2.56. The minimum atomic E-state index is -3.64. The highest BCUT2D eigenvalue weighted by atomic mass is 32.2. The van der Waals surface area contributed by atoms with Gasteiger partial charge in [0.25, 0.3) is 0 Å². The zero-order valence-corrected chi connectivity index (χ0v) is 12.4. The summed E-state index contributed by atoms with van der Waals surface area (Å²) in [6.45, 7) is 0.306. The summed E-state index contributed by atoms with van der Waals surface area (Å²) < 4.78 is 27.1. The highest BCUT2D eigenvalue weighted by Gasteiger charge is 2.33. The van der Waals surface area contributed by atoms with Crippen molar-refractivity contribution < 1.29 is 13.5 Å². The summed E-state index contributed by atoms with van der Waals surface area (Å²) >= 11 is 0. The molecule has 1 aliphatic heterocycles. The van der Waals surface area contributed by atoms with Crippen LogP contribution in [0.5, 0.6) is 0 Å². The highest BCUT2D eigenvalue weighted by Crippen LogP contribution is 2.27. The number of rotatable bonds is 4. The third kappa shape index (κ3) is 2.94. The van der Waals surface area contributed by atoms with Gasteiger partial charge < -0.3 is 10.4 Å². The second kappa shape index (κ2) is 6.51. The van der Waals surface area contributed by atoms with E-state index < -0.39 is 10.0 Å². The second-order valence-electron chi connectivity index (χ2n) is 4.90. The highest BCUT2D eigenvalue weighted by molar-refractivity contribution is 7.89. The van der Waals surface area contributed by atoms with Gasteiger partial charge in [-0.3, -0.25) is 0 Å². The van der Waals surface area contributed by atoms with Crippen LogP contribution in [0.15, 0.2) is 23.2 Å². The molecule has 1 aromatic rings. The first kappa shape index (κ1) is 15.2. The van der Waals surface area contributed by atoms with Crippen molar-refractivity contribution in [2.75, 3.05) is 25.5 Å². The van der Waals surface area contributed by atoms with Crippen LogP contribution in [0.3, 0.4) is 0 Å². The molecule has 0 radical (unpaired) electrons. The van der Waals surface area contributed by atoms with E-state index in [-0.39, 0.29) is 17.5 Å². The predicted molar refractivity (Wildman–Crippen MR) is 77.0 cm³/mol. The summed E-state index contributed by atoms with van der Waals surface area (Å²) in [5.74, 6) is 0.341. The minimum absolute atomic E-state index is 0.144. The average Bonchev–Trinajstić information content (AvgIpc) is 2.72. The van der Waals surface area contributed by atoms with Gasteiger partial charge in [-0.15, -0.1) is 0 Å². The molecular weight excluding hydrogens is 278 g/mol. The van der Waals surface area contributed by atoms with Crippen molar-refractivity contribution >= 4 is 15.8 Å². The summed E-state index contributed by atoms with van der Waals surface area (Å²) in [7, 11) is -1.99. The number of sulfonamides is 1. The van der Waals surface area contributed by atoms with E-state index in [2.05, 4.69) is 10.3 Å². The van der Waals surface area contributed by atoms with Crippen molar-refractivity contribution in [3.8, 4) is 0 Å². The van der Waals surface area contributed by atoms with Crippen molar-refractivity contribution in [1.29, 1.82) is 0 Å². The number of pyridine rings is 1. The van der Waals surface area contributed by atoms with Crippen molar-refractivity contribution in [3.05, 3.63) is 18.3 Å². The molecule has 1 aromatic heterocycles. The molecule has 112 valence electrons. The lowest BCUT2D eigenvalue weighted by Crippen LogP contribution is -2.42. The van der Waals surface area contributed by atoms with Gasteiger partial charge in [-0.25, -0.2) is 13.4 Å². The monoisotopic (exact) mass is 299 g/mol. The van der Waals surface area contributed by atoms with Gasteiger partial charge in [-0.2, -0.15) is 4.31 Å². The normalized spacial score (nSPS) is 21.4. The first-order chi connectivity index (χ1) is 9.61. The fourth-order valence-corrected chi connectivity index (χ4v) is 4.40. The lowest BCUT2D eigenvalue weighted by Gasteiger charge is -2.28. The van der Waals surface area contributed by atoms with Crippen LogP contribution in [0.4, 0.5) is 5.82 Å². The number of anilines is 1. The molecule has 0 aromatic carbocycles. The maximum atomic E-state index is 12.8. The number of aromatic nitrogens is 1. The molecule has 0 bridgehead atoms. The van der Waals surface area contributed by atoms with Gasteiger partial charge in [0.2, 0.25) is 10.0 Å². The second-order valence-corrected chi connectivity index (χ2v) is 6.76. The van der Waals surface area contributed by atoms with E-state index in [9.17, 15) is 13.5 Å². The number of hydrogen-bond acceptors (Lipinski definition) is 5. The summed E-state index contributed by atoms with van der Waals surface area (Å²) in [6.07, 6.45) is 5.02. The van der Waals surface area contributed by atoms with Crippen molar-refractivity contribution in [2.24, 2.45) is 0 Å². The molecule has 1 fully saturated rings. The van der Waals surface area contributed by atoms with Gasteiger partial charge in [0.1, 0.15) is 10.7 Å². The van der Waals surface area contributed by atoms with Crippen LogP contribution in [0.1, 0.15) is 25.7 Å². The van der Waals surface area contributed by atoms with Gasteiger partial charge in [0, 0.05) is 25.8 Å². The Bertz CT molecular complexity index is 548. The Hall–Kier alpha value is -1.18. The molecule has 2 rings (SSSR count). The maximum absolute atomic E-state index is 12.8. The van der Waals surface area contributed by atoms with Crippen molar-refractivity contribution in [3.63, 3.8) is 0 Å². The summed E-state index contributed by atoms with van der Waals surface area (Å²) in [4.78, 5) is 4.22. The Balaban J connectivity index is 2.41. The number of nitrogens with one attached hydrogen (secondary N) is 1. The van der Waals surface area contributed by atoms with Gasteiger partial charge in [0.05, 0.1) is 6.61 Å². The first-order valence-corrected chi connectivity index (χ1v) is 8.30. The molecule has 2 N–H and O–H groups in total. The van der Waals surface area contributed by atoms with Gasteiger partial charge in [0.15, 0.2) is 0 Å². The Morgan fingerprint density at radius 2 is 2.25 bits per heavy atom. The molecule has 0 saturated carbocycles. The van der Waals surface area contributed by atoms with E-state index in [4.69, 9.17) is 0 Å². The Morgan fingerprint density at radius 3 is 2.95 bits per heavy atom. The van der Waals surface area contributed by atoms with E-state index in [0.717, 1.165) is 19.3 Å². The number of aliphatic hydroxyl groups excluding tert-OH is 1. The molecule has 2 heterocycles. The number of aliphatic hydroxyl groups is 1. The van der Waals surface area contributed by atoms with Crippen LogP contribution in [0.25, 0.3) is 0 Å². The number of nitrogens with zero attached hydrogens (tertiary/aromatic N) is 2. The molecule has 1 atom stereocenters. The minimum Gasteiger partial charge on any atom is -0.395 e. The third-order valence-electron chi connectivity index (χ3n) is 3.63. The standard InChI is InChI=1S/C13H21N3O3S/c1-14-13-12(7-5-8-15-13)20(18,19)16-9-4-2-3-6-11(16)10-17/h5,7-8,11,17H,2-4,6,9-10H2,1H3,(H,14,15). The Labute approximate surface area is 119 Å². The van der Waals surface area contributed by atoms with E-state index in [1.807, 2.05) is 0 Å². The van der Waals surface area contributed by atoms with E-state index in [1.165, 1.54) is 4.31 Å². The molecule has 1 unspecified atom stereocenters. The van der Waals surface area contributed by atoms with E-state index >= 15 is 0 Å². The molecule has 0 spiro atoms. The van der Waals surface area contributed by atoms with Crippen LogP contribution in [-0.4, -0.2) is 49.1 Å². The van der Waals surface area contributed by atoms with E-state index in [0.29, 0.717) is 18.8 Å². The Morgan fingerprint density at radius 1 is 1.45 bits per heavy atom. The van der Waals surface area contributed by atoms with Gasteiger partial charge >= 0.3 is 0 Å². The SMILES string of the molecule is CNc1ncccc1S(=O)(=O)N1CCCCCC1CO. The van der Waals surface area contributed by atoms with Crippen LogP contribution in [0, 0.1) is 0 Å². The van der Waals surface area contributed by atoms with Gasteiger partial charge in [-0.05, 0) is 25.0 Å². The zero-order chi connectivity index (χ0) is 14.6. The van der Waals surface area contributed by atoms with Crippen LogP contribution < -0.4 is 5.32 Å². The number of hydrogen-bond donors (Lipinski definition) is 2. The molecule has 7 heteroatoms. The predicted octanol–water partition coefficient (Wildman–Crippen LogP) is 1.05. The summed E-state index contributed by atoms with van der Waals surface area (Å²) in [5, 5.41) is 12.3. The molecule has 20 heavy (non-hydrogen) atoms. The van der Waals surface area contributed by atoms with Crippen LogP contribution in [0.2, 0.25) is 0 Å². The topological polar surface area (TPSA) is 82.5 Å². The largest absolute Gasteiger partial charge is 0.395 e. The van der Waals surface area contributed by atoms with Crippen molar-refractivity contribution in [2.45, 2.75) is 36.6 Å². The zero-order valence-electron chi connectivity index (χ0n) is 11.6. The molecule has 0 aliphatic carbocycles. The van der Waals surface area contributed by atoms with E-state index in [1.54, 1.807) is 25.4 Å². The molecule has 0 amide bonds. The summed E-state index contributed by atoms with van der Waals surface area (Å²) in [5.41, 5.74) is 0. The lowest BCUT2D eigenvalue weighted by atomic mass is 10.1. The van der Waals surface area contributed by atoms with Crippen LogP contribution in [-0.2, 0) is 10.0 Å². The molecule has 1 aliphatic rings. The lowest BCUT2D eigenvalue weighted by molar-refractivity contribution is 0.186. The molecule has 1 saturated heterocycles. The Kier molecular flexibility index (Phi) is 4.95.